The lowest BCUT2D eigenvalue weighted by molar-refractivity contribution is 0.658. The number of benzene rings is 8. The van der Waals surface area contributed by atoms with E-state index >= 15 is 0 Å². The van der Waals surface area contributed by atoms with Gasteiger partial charge in [0.1, 0.15) is 16.7 Å². The zero-order valence-electron chi connectivity index (χ0n) is 40.3. The van der Waals surface area contributed by atoms with E-state index in [1.165, 1.54) is 100 Å². The largest absolute Gasteiger partial charge is 0.455 e. The van der Waals surface area contributed by atoms with Crippen molar-refractivity contribution in [2.75, 3.05) is 0 Å². The lowest BCUT2D eigenvalue weighted by Gasteiger charge is -2.17. The first kappa shape index (κ1) is 39.5. The first-order chi connectivity index (χ1) is 31.6. The molecule has 66 heavy (non-hydrogen) atoms. The molecule has 0 amide bonds. The third kappa shape index (κ3) is 5.26. The van der Waals surface area contributed by atoms with Crippen LogP contribution in [0.1, 0.15) is 100 Å². The number of aryl methyl sites for hydroxylation is 12. The molecule has 3 heterocycles. The molecule has 0 bridgehead atoms. The van der Waals surface area contributed by atoms with Crippen LogP contribution in [-0.2, 0) is 19.3 Å². The van der Waals surface area contributed by atoms with Crippen molar-refractivity contribution >= 4 is 65.8 Å². The van der Waals surface area contributed by atoms with Crippen LogP contribution in [0.15, 0.2) is 86.0 Å². The molecule has 0 saturated heterocycles. The Labute approximate surface area is 386 Å². The summed E-state index contributed by atoms with van der Waals surface area (Å²) in [5.74, 6) is 0. The maximum Gasteiger partial charge on any atom is 0.150 e. The molecule has 3 aliphatic carbocycles. The molecule has 3 heteroatoms. The molecule has 3 aromatic heterocycles. The molecule has 0 unspecified atom stereocenters. The van der Waals surface area contributed by atoms with Crippen molar-refractivity contribution in [3.8, 4) is 33.4 Å². The van der Waals surface area contributed by atoms with Gasteiger partial charge in [0.2, 0.25) is 0 Å². The van der Waals surface area contributed by atoms with Gasteiger partial charge in [0, 0.05) is 16.2 Å². The Morgan fingerprint density at radius 1 is 0.273 bits per heavy atom. The lowest BCUT2D eigenvalue weighted by Crippen LogP contribution is -1.97. The smallest absolute Gasteiger partial charge is 0.150 e. The first-order valence-corrected chi connectivity index (χ1v) is 23.8. The van der Waals surface area contributed by atoms with Crippen molar-refractivity contribution in [1.82, 2.24) is 0 Å². The quantitative estimate of drug-likeness (QED) is 0.152. The summed E-state index contributed by atoms with van der Waals surface area (Å²) in [6, 6.07) is 27.9. The zero-order valence-corrected chi connectivity index (χ0v) is 40.3. The summed E-state index contributed by atoms with van der Waals surface area (Å²) >= 11 is 0. The van der Waals surface area contributed by atoms with E-state index in [-0.39, 0.29) is 0 Å². The van der Waals surface area contributed by atoms with Crippen LogP contribution in [0, 0.1) is 83.1 Å². The fourth-order valence-corrected chi connectivity index (χ4v) is 12.0. The van der Waals surface area contributed by atoms with Gasteiger partial charge in [-0.15, -0.1) is 0 Å². The number of hydrogen-bond donors (Lipinski definition) is 0. The monoisotopic (exact) mass is 858 g/mol. The van der Waals surface area contributed by atoms with Crippen LogP contribution in [0.25, 0.3) is 99.2 Å². The van der Waals surface area contributed by atoms with Crippen molar-refractivity contribution in [3.05, 3.63) is 173 Å². The molecule has 0 spiro atoms. The van der Waals surface area contributed by atoms with E-state index < -0.39 is 0 Å². The van der Waals surface area contributed by atoms with Crippen LogP contribution in [0.4, 0.5) is 0 Å². The average molecular weight is 859 g/mol. The molecular weight excluding hydrogens is 805 g/mol. The first-order valence-electron chi connectivity index (χ1n) is 23.8. The highest BCUT2D eigenvalue weighted by atomic mass is 16.4. The standard InChI is InChI=1S/C33H30.C30H24O3/c1-16-7-22-13-28-31(25(22)10-19(16)4)29-14-23-8-17(2)21(6)12-27(23)33(29)30-15-24-9-18(3)20(5)11-26(24)32(28)30;1-13-7-19-22(10-16(13)4)31-28-25(19)29-27(20-8-14(2)17(5)11-23(20)32-29)30-26(28)21-9-15(3)18(6)12-24(21)33-30/h7-12H,13-15H2,1-6H3;7-12H,1-6H3. The van der Waals surface area contributed by atoms with E-state index in [9.17, 15) is 0 Å². The van der Waals surface area contributed by atoms with E-state index in [0.717, 1.165) is 85.1 Å². The minimum Gasteiger partial charge on any atom is -0.455 e. The Morgan fingerprint density at radius 2 is 0.500 bits per heavy atom. The lowest BCUT2D eigenvalue weighted by atomic mass is 9.86. The van der Waals surface area contributed by atoms with Gasteiger partial charge in [0.25, 0.3) is 0 Å². The molecule has 3 aliphatic rings. The molecule has 11 aromatic rings. The van der Waals surface area contributed by atoms with Crippen molar-refractivity contribution < 1.29 is 13.3 Å². The summed E-state index contributed by atoms with van der Waals surface area (Å²) in [5, 5.41) is 6.36. The third-order valence-corrected chi connectivity index (χ3v) is 16.5. The molecule has 8 aromatic carbocycles. The topological polar surface area (TPSA) is 39.4 Å². The molecule has 14 rings (SSSR count). The van der Waals surface area contributed by atoms with Crippen LogP contribution in [0.2, 0.25) is 0 Å². The maximum atomic E-state index is 6.57. The number of fused-ring (bicyclic) bond motifs is 24. The van der Waals surface area contributed by atoms with Crippen molar-refractivity contribution in [2.24, 2.45) is 0 Å². The van der Waals surface area contributed by atoms with Crippen LogP contribution >= 0.6 is 0 Å². The SMILES string of the molecule is Cc1cc2c(cc1C)-c1c(c3c(c4c1Cc1cc(C)c(C)cc1-4)Cc1cc(C)c(C)cc1-3)C2.Cc1cc2oc3c(c2cc1C)c1oc2cc(C)c(C)cc2c1c1oc2cc(C)c(C)cc2c31. The Kier molecular flexibility index (Phi) is 8.01. The summed E-state index contributed by atoms with van der Waals surface area (Å²) in [5.41, 5.74) is 39.5. The van der Waals surface area contributed by atoms with Gasteiger partial charge in [0.15, 0.2) is 16.7 Å². The average Bonchev–Trinajstić information content (AvgIpc) is 4.11. The molecule has 0 atom stereocenters. The summed E-state index contributed by atoms with van der Waals surface area (Å²) in [4.78, 5) is 0. The Bertz CT molecular complexity index is 3610. The molecular formula is C63H54O3. The summed E-state index contributed by atoms with van der Waals surface area (Å²) < 4.78 is 19.7. The Morgan fingerprint density at radius 3 is 0.773 bits per heavy atom. The molecule has 0 fully saturated rings. The molecule has 0 aliphatic heterocycles. The van der Waals surface area contributed by atoms with Crippen LogP contribution in [-0.4, -0.2) is 0 Å². The maximum absolute atomic E-state index is 6.57. The summed E-state index contributed by atoms with van der Waals surface area (Å²) in [7, 11) is 0. The Hall–Kier alpha value is -6.84. The molecule has 3 nitrogen and oxygen atoms in total. The van der Waals surface area contributed by atoms with Crippen molar-refractivity contribution in [3.63, 3.8) is 0 Å². The van der Waals surface area contributed by atoms with Crippen molar-refractivity contribution in [1.29, 1.82) is 0 Å². The van der Waals surface area contributed by atoms with Crippen LogP contribution in [0.5, 0.6) is 0 Å². The zero-order chi connectivity index (χ0) is 45.5. The second-order valence-corrected chi connectivity index (χ2v) is 20.6. The highest BCUT2D eigenvalue weighted by Crippen LogP contribution is 2.57. The van der Waals surface area contributed by atoms with E-state index in [4.69, 9.17) is 13.3 Å². The van der Waals surface area contributed by atoms with E-state index in [2.05, 4.69) is 156 Å². The molecule has 324 valence electrons. The van der Waals surface area contributed by atoms with Gasteiger partial charge in [-0.05, 0) is 272 Å². The molecule has 0 N–H and O–H groups in total. The van der Waals surface area contributed by atoms with Crippen LogP contribution < -0.4 is 0 Å². The predicted molar refractivity (Wildman–Crippen MR) is 276 cm³/mol. The van der Waals surface area contributed by atoms with E-state index in [0.29, 0.717) is 0 Å². The Balaban J connectivity index is 0.000000132. The van der Waals surface area contributed by atoms with Gasteiger partial charge < -0.3 is 13.3 Å². The van der Waals surface area contributed by atoms with Gasteiger partial charge in [-0.25, -0.2) is 0 Å². The molecule has 0 saturated carbocycles. The van der Waals surface area contributed by atoms with Gasteiger partial charge in [-0.2, -0.15) is 0 Å². The fraction of sp³-hybridized carbons (Fsp3) is 0.238. The van der Waals surface area contributed by atoms with Gasteiger partial charge in [-0.3, -0.25) is 0 Å². The summed E-state index contributed by atoms with van der Waals surface area (Å²) in [6.45, 7) is 26.4. The minimum absolute atomic E-state index is 0.840. The highest BCUT2D eigenvalue weighted by molar-refractivity contribution is 6.36. The highest BCUT2D eigenvalue weighted by Gasteiger charge is 2.38. The number of hydrogen-bond acceptors (Lipinski definition) is 3. The molecule has 0 radical (unpaired) electrons. The van der Waals surface area contributed by atoms with Crippen molar-refractivity contribution in [2.45, 2.75) is 102 Å². The minimum atomic E-state index is 0.840. The number of furan rings is 3. The van der Waals surface area contributed by atoms with Gasteiger partial charge in [0.05, 0.1) is 16.2 Å². The third-order valence-electron chi connectivity index (χ3n) is 16.5. The second-order valence-electron chi connectivity index (χ2n) is 20.6. The van der Waals surface area contributed by atoms with E-state index in [1.54, 1.807) is 33.4 Å². The van der Waals surface area contributed by atoms with Gasteiger partial charge in [-0.1, -0.05) is 36.4 Å². The fourth-order valence-electron chi connectivity index (χ4n) is 12.0. The predicted octanol–water partition coefficient (Wildman–Crippen LogP) is 17.5. The summed E-state index contributed by atoms with van der Waals surface area (Å²) in [6.07, 6.45) is 3.21. The number of rotatable bonds is 0. The normalized spacial score (nSPS) is 13.3. The second kappa shape index (κ2) is 13.4. The van der Waals surface area contributed by atoms with E-state index in [1.807, 2.05) is 0 Å². The van der Waals surface area contributed by atoms with Crippen LogP contribution in [0.3, 0.4) is 0 Å². The van der Waals surface area contributed by atoms with Gasteiger partial charge >= 0.3 is 0 Å².